The zero-order valence-corrected chi connectivity index (χ0v) is 13.3. The fourth-order valence-electron chi connectivity index (χ4n) is 2.88. The smallest absolute Gasteiger partial charge is 0.242 e. The molecule has 2 rings (SSSR count). The number of halogens is 1. The van der Waals surface area contributed by atoms with Gasteiger partial charge in [0.15, 0.2) is 0 Å². The highest BCUT2D eigenvalue weighted by atomic mass is 19.1. The van der Waals surface area contributed by atoms with Crippen molar-refractivity contribution in [1.82, 2.24) is 10.2 Å². The third-order valence-corrected chi connectivity index (χ3v) is 4.16. The van der Waals surface area contributed by atoms with Gasteiger partial charge in [0.1, 0.15) is 11.9 Å². The van der Waals surface area contributed by atoms with Gasteiger partial charge in [-0.1, -0.05) is 25.1 Å². The molecule has 2 N–H and O–H groups in total. The van der Waals surface area contributed by atoms with Crippen LogP contribution in [0.25, 0.3) is 0 Å². The first-order valence-electron chi connectivity index (χ1n) is 8.04. The molecule has 2 unspecified atom stereocenters. The van der Waals surface area contributed by atoms with E-state index in [2.05, 4.69) is 5.32 Å². The Balaban J connectivity index is 1.95. The summed E-state index contributed by atoms with van der Waals surface area (Å²) >= 11 is 0. The normalized spacial score (nSPS) is 19.3. The van der Waals surface area contributed by atoms with Crippen LogP contribution in [0.3, 0.4) is 0 Å². The number of rotatable bonds is 5. The van der Waals surface area contributed by atoms with E-state index in [0.717, 1.165) is 12.8 Å². The number of nitrogens with one attached hydrogen (secondary N) is 1. The van der Waals surface area contributed by atoms with Crippen molar-refractivity contribution in [3.8, 4) is 0 Å². The average molecular weight is 322 g/mol. The molecule has 126 valence electrons. The summed E-state index contributed by atoms with van der Waals surface area (Å²) in [7, 11) is 0. The largest absolute Gasteiger partial charge is 0.386 e. The van der Waals surface area contributed by atoms with E-state index in [0.29, 0.717) is 19.4 Å². The lowest BCUT2D eigenvalue weighted by Crippen LogP contribution is -2.52. The van der Waals surface area contributed by atoms with Crippen molar-refractivity contribution in [2.45, 2.75) is 44.8 Å². The molecule has 2 amide bonds. The number of carbonyl (C=O) groups is 2. The van der Waals surface area contributed by atoms with Crippen molar-refractivity contribution < 1.29 is 19.1 Å². The first kappa shape index (κ1) is 17.4. The van der Waals surface area contributed by atoms with E-state index in [1.54, 1.807) is 24.0 Å². The lowest BCUT2D eigenvalue weighted by atomic mass is 10.0. The molecule has 0 bridgehead atoms. The number of aliphatic hydroxyl groups is 1. The molecule has 6 heteroatoms. The summed E-state index contributed by atoms with van der Waals surface area (Å²) in [6.07, 6.45) is 1.66. The number of nitrogens with zero attached hydrogens (tertiary/aromatic N) is 1. The van der Waals surface area contributed by atoms with Crippen molar-refractivity contribution in [2.75, 3.05) is 13.1 Å². The Morgan fingerprint density at radius 1 is 1.39 bits per heavy atom. The molecule has 5 nitrogen and oxygen atoms in total. The molecule has 23 heavy (non-hydrogen) atoms. The standard InChI is InChI=1S/C17H23FN2O3/c1-2-16(22)20-10-6-5-9-14(20)17(23)19-11-15(21)12-7-3-4-8-13(12)18/h3-4,7-8,14-15,21H,2,5-6,9-11H2,1H3,(H,19,23). The van der Waals surface area contributed by atoms with Gasteiger partial charge in [0, 0.05) is 25.1 Å². The van der Waals surface area contributed by atoms with Crippen LogP contribution < -0.4 is 5.32 Å². The Hall–Kier alpha value is -1.95. The fourth-order valence-corrected chi connectivity index (χ4v) is 2.88. The second-order valence-electron chi connectivity index (χ2n) is 5.73. The number of benzene rings is 1. The minimum Gasteiger partial charge on any atom is -0.386 e. The molecule has 0 aliphatic carbocycles. The van der Waals surface area contributed by atoms with E-state index in [-0.39, 0.29) is 23.9 Å². The first-order chi connectivity index (χ1) is 11.0. The minimum absolute atomic E-state index is 0.0421. The predicted molar refractivity (Wildman–Crippen MR) is 84.0 cm³/mol. The summed E-state index contributed by atoms with van der Waals surface area (Å²) in [6, 6.07) is 5.43. The van der Waals surface area contributed by atoms with Crippen LogP contribution in [-0.2, 0) is 9.59 Å². The van der Waals surface area contributed by atoms with Crippen molar-refractivity contribution in [1.29, 1.82) is 0 Å². The maximum Gasteiger partial charge on any atom is 0.242 e. The number of piperidine rings is 1. The highest BCUT2D eigenvalue weighted by Crippen LogP contribution is 2.19. The van der Waals surface area contributed by atoms with Gasteiger partial charge in [-0.15, -0.1) is 0 Å². The predicted octanol–water partition coefficient (Wildman–Crippen LogP) is 1.77. The van der Waals surface area contributed by atoms with Crippen molar-refractivity contribution in [2.24, 2.45) is 0 Å². The zero-order valence-electron chi connectivity index (χ0n) is 13.3. The van der Waals surface area contributed by atoms with E-state index in [4.69, 9.17) is 0 Å². The molecule has 0 saturated carbocycles. The van der Waals surface area contributed by atoms with E-state index < -0.39 is 18.0 Å². The van der Waals surface area contributed by atoms with Gasteiger partial charge in [-0.2, -0.15) is 0 Å². The van der Waals surface area contributed by atoms with Crippen molar-refractivity contribution in [3.05, 3.63) is 35.6 Å². The van der Waals surface area contributed by atoms with Gasteiger partial charge < -0.3 is 15.3 Å². The van der Waals surface area contributed by atoms with Crippen LogP contribution in [0.5, 0.6) is 0 Å². The summed E-state index contributed by atoms with van der Waals surface area (Å²) in [5.41, 5.74) is 0.151. The molecule has 0 radical (unpaired) electrons. The zero-order chi connectivity index (χ0) is 16.8. The van der Waals surface area contributed by atoms with E-state index in [1.165, 1.54) is 12.1 Å². The van der Waals surface area contributed by atoms with Crippen molar-refractivity contribution in [3.63, 3.8) is 0 Å². The van der Waals surface area contributed by atoms with Crippen LogP contribution in [-0.4, -0.2) is 41.0 Å². The van der Waals surface area contributed by atoms with E-state index >= 15 is 0 Å². The quantitative estimate of drug-likeness (QED) is 0.868. The number of aliphatic hydroxyl groups excluding tert-OH is 1. The molecule has 0 aromatic heterocycles. The molecule has 1 heterocycles. The lowest BCUT2D eigenvalue weighted by Gasteiger charge is -2.34. The lowest BCUT2D eigenvalue weighted by molar-refractivity contribution is -0.142. The van der Waals surface area contributed by atoms with Crippen LogP contribution in [0.15, 0.2) is 24.3 Å². The van der Waals surface area contributed by atoms with Crippen LogP contribution in [0.4, 0.5) is 4.39 Å². The second kappa shape index (κ2) is 8.06. The summed E-state index contributed by atoms with van der Waals surface area (Å²) in [5, 5.41) is 12.7. The third kappa shape index (κ3) is 4.28. The molecule has 1 aliphatic rings. The Morgan fingerprint density at radius 2 is 2.13 bits per heavy atom. The van der Waals surface area contributed by atoms with E-state index in [9.17, 15) is 19.1 Å². The van der Waals surface area contributed by atoms with Gasteiger partial charge in [-0.3, -0.25) is 9.59 Å². The molecule has 1 saturated heterocycles. The van der Waals surface area contributed by atoms with Gasteiger partial charge >= 0.3 is 0 Å². The fraction of sp³-hybridized carbons (Fsp3) is 0.529. The molecule has 1 aromatic rings. The minimum atomic E-state index is -1.11. The maximum atomic E-state index is 13.6. The molecule has 0 spiro atoms. The Bertz CT molecular complexity index is 565. The Labute approximate surface area is 135 Å². The van der Waals surface area contributed by atoms with Gasteiger partial charge in [-0.25, -0.2) is 4.39 Å². The molecular weight excluding hydrogens is 299 g/mol. The van der Waals surface area contributed by atoms with E-state index in [1.807, 2.05) is 0 Å². The van der Waals surface area contributed by atoms with Crippen LogP contribution in [0.1, 0.15) is 44.3 Å². The number of likely N-dealkylation sites (tertiary alicyclic amines) is 1. The summed E-state index contributed by atoms with van der Waals surface area (Å²) < 4.78 is 13.6. The Kier molecular flexibility index (Phi) is 6.10. The SMILES string of the molecule is CCC(=O)N1CCCCC1C(=O)NCC(O)c1ccccc1F. The molecule has 1 aromatic carbocycles. The monoisotopic (exact) mass is 322 g/mol. The molecule has 1 fully saturated rings. The number of hydrogen-bond acceptors (Lipinski definition) is 3. The van der Waals surface area contributed by atoms with Gasteiger partial charge in [0.05, 0.1) is 6.10 Å². The highest BCUT2D eigenvalue weighted by Gasteiger charge is 2.31. The highest BCUT2D eigenvalue weighted by molar-refractivity contribution is 5.87. The van der Waals surface area contributed by atoms with Gasteiger partial charge in [0.2, 0.25) is 11.8 Å². The number of hydrogen-bond donors (Lipinski definition) is 2. The Morgan fingerprint density at radius 3 is 2.83 bits per heavy atom. The maximum absolute atomic E-state index is 13.6. The van der Waals surface area contributed by atoms with Gasteiger partial charge in [-0.05, 0) is 25.3 Å². The summed E-state index contributed by atoms with van der Waals surface area (Å²) in [5.74, 6) is -0.837. The number of amides is 2. The van der Waals surface area contributed by atoms with Crippen LogP contribution in [0.2, 0.25) is 0 Å². The van der Waals surface area contributed by atoms with Gasteiger partial charge in [0.25, 0.3) is 0 Å². The summed E-state index contributed by atoms with van der Waals surface area (Å²) in [4.78, 5) is 25.9. The van der Waals surface area contributed by atoms with Crippen LogP contribution in [0, 0.1) is 5.82 Å². The summed E-state index contributed by atoms with van der Waals surface area (Å²) in [6.45, 7) is 2.28. The second-order valence-corrected chi connectivity index (χ2v) is 5.73. The third-order valence-electron chi connectivity index (χ3n) is 4.16. The number of carbonyl (C=O) groups excluding carboxylic acids is 2. The molecular formula is C17H23FN2O3. The average Bonchev–Trinajstić information content (AvgIpc) is 2.59. The first-order valence-corrected chi connectivity index (χ1v) is 8.04. The van der Waals surface area contributed by atoms with Crippen molar-refractivity contribution >= 4 is 11.8 Å². The van der Waals surface area contributed by atoms with Crippen LogP contribution >= 0.6 is 0 Å². The molecule has 1 aliphatic heterocycles. The topological polar surface area (TPSA) is 69.6 Å². The molecule has 2 atom stereocenters.